The van der Waals surface area contributed by atoms with Crippen molar-refractivity contribution < 1.29 is 4.21 Å². The molecule has 0 saturated heterocycles. The SMILES string of the molecule is CC(Cn1nnnc1-c1ccc(Br)c(N)c1)S(C)=O. The Morgan fingerprint density at radius 3 is 2.89 bits per heavy atom. The summed E-state index contributed by atoms with van der Waals surface area (Å²) in [5, 5.41) is 11.6. The molecule has 0 saturated carbocycles. The molecule has 2 N–H and O–H groups in total. The summed E-state index contributed by atoms with van der Waals surface area (Å²) < 4.78 is 13.9. The quantitative estimate of drug-likeness (QED) is 0.849. The van der Waals surface area contributed by atoms with Gasteiger partial charge in [0.1, 0.15) is 0 Å². The molecule has 0 bridgehead atoms. The highest BCUT2D eigenvalue weighted by molar-refractivity contribution is 9.10. The Bertz CT molecular complexity index is 615. The first-order valence-electron chi connectivity index (χ1n) is 5.63. The normalized spacial score (nSPS) is 14.3. The molecule has 102 valence electrons. The van der Waals surface area contributed by atoms with Crippen molar-refractivity contribution in [3.63, 3.8) is 0 Å². The average Bonchev–Trinajstić information content (AvgIpc) is 2.80. The van der Waals surface area contributed by atoms with E-state index in [-0.39, 0.29) is 5.25 Å². The van der Waals surface area contributed by atoms with E-state index in [0.29, 0.717) is 18.1 Å². The van der Waals surface area contributed by atoms with Crippen LogP contribution >= 0.6 is 15.9 Å². The van der Waals surface area contributed by atoms with Gasteiger partial charge in [0.2, 0.25) is 0 Å². The van der Waals surface area contributed by atoms with Gasteiger partial charge in [-0.25, -0.2) is 4.68 Å². The summed E-state index contributed by atoms with van der Waals surface area (Å²) in [5.41, 5.74) is 7.31. The monoisotopic (exact) mass is 343 g/mol. The number of halogens is 1. The lowest BCUT2D eigenvalue weighted by molar-refractivity contribution is 0.579. The van der Waals surface area contributed by atoms with E-state index in [0.717, 1.165) is 10.0 Å². The largest absolute Gasteiger partial charge is 0.398 e. The number of rotatable bonds is 4. The zero-order chi connectivity index (χ0) is 14.0. The summed E-state index contributed by atoms with van der Waals surface area (Å²) >= 11 is 3.35. The molecule has 19 heavy (non-hydrogen) atoms. The average molecular weight is 344 g/mol. The number of benzene rings is 1. The zero-order valence-electron chi connectivity index (χ0n) is 10.6. The molecule has 2 atom stereocenters. The van der Waals surface area contributed by atoms with Gasteiger partial charge in [-0.1, -0.05) is 0 Å². The van der Waals surface area contributed by atoms with Crippen LogP contribution in [0.5, 0.6) is 0 Å². The van der Waals surface area contributed by atoms with Crippen LogP contribution in [0, 0.1) is 0 Å². The smallest absolute Gasteiger partial charge is 0.182 e. The lowest BCUT2D eigenvalue weighted by Crippen LogP contribution is -2.19. The van der Waals surface area contributed by atoms with E-state index in [2.05, 4.69) is 31.5 Å². The number of aromatic nitrogens is 4. The van der Waals surface area contributed by atoms with Gasteiger partial charge in [-0.15, -0.1) is 5.10 Å². The topological polar surface area (TPSA) is 86.7 Å². The Hall–Kier alpha value is -1.28. The second kappa shape index (κ2) is 5.79. The number of nitrogens with zero attached hydrogens (tertiary/aromatic N) is 4. The minimum Gasteiger partial charge on any atom is -0.398 e. The van der Waals surface area contributed by atoms with Crippen molar-refractivity contribution in [3.05, 3.63) is 22.7 Å². The van der Waals surface area contributed by atoms with Gasteiger partial charge in [0.05, 0.1) is 11.8 Å². The minimum absolute atomic E-state index is 0.0185. The molecule has 0 aliphatic carbocycles. The Morgan fingerprint density at radius 1 is 1.53 bits per heavy atom. The van der Waals surface area contributed by atoms with E-state index in [9.17, 15) is 4.21 Å². The fourth-order valence-electron chi connectivity index (χ4n) is 1.57. The van der Waals surface area contributed by atoms with Gasteiger partial charge < -0.3 is 5.73 Å². The van der Waals surface area contributed by atoms with Crippen LogP contribution in [0.2, 0.25) is 0 Å². The Balaban J connectivity index is 2.33. The first kappa shape index (κ1) is 14.1. The molecule has 1 aromatic carbocycles. The number of tetrazole rings is 1. The molecule has 1 heterocycles. The molecule has 2 unspecified atom stereocenters. The molecule has 8 heteroatoms. The molecule has 0 aliphatic rings. The third-order valence-corrected chi connectivity index (χ3v) is 4.79. The number of nitrogen functional groups attached to an aromatic ring is 1. The van der Waals surface area contributed by atoms with Crippen LogP contribution in [0.3, 0.4) is 0 Å². The van der Waals surface area contributed by atoms with Crippen molar-refractivity contribution in [2.75, 3.05) is 12.0 Å². The summed E-state index contributed by atoms with van der Waals surface area (Å²) in [6.07, 6.45) is 1.67. The summed E-state index contributed by atoms with van der Waals surface area (Å²) in [4.78, 5) is 0. The Kier molecular flexibility index (Phi) is 4.31. The van der Waals surface area contributed by atoms with Crippen molar-refractivity contribution in [1.29, 1.82) is 0 Å². The first-order valence-corrected chi connectivity index (χ1v) is 8.04. The number of hydrogen-bond donors (Lipinski definition) is 1. The second-order valence-electron chi connectivity index (χ2n) is 4.23. The van der Waals surface area contributed by atoms with Gasteiger partial charge in [-0.2, -0.15) is 0 Å². The van der Waals surface area contributed by atoms with E-state index in [1.165, 1.54) is 0 Å². The molecular formula is C11H14BrN5OS. The minimum atomic E-state index is -0.916. The van der Waals surface area contributed by atoms with E-state index in [4.69, 9.17) is 5.73 Å². The fraction of sp³-hybridized carbons (Fsp3) is 0.364. The van der Waals surface area contributed by atoms with Gasteiger partial charge >= 0.3 is 0 Å². The first-order chi connectivity index (χ1) is 8.99. The van der Waals surface area contributed by atoms with Gasteiger partial charge in [0.15, 0.2) is 5.82 Å². The van der Waals surface area contributed by atoms with E-state index in [1.54, 1.807) is 17.0 Å². The standard InChI is InChI=1S/C11H14BrN5OS/c1-7(19(2)18)6-17-11(14-15-16-17)8-3-4-9(12)10(13)5-8/h3-5,7H,6,13H2,1-2H3. The Morgan fingerprint density at radius 2 is 2.26 bits per heavy atom. The van der Waals surface area contributed by atoms with E-state index >= 15 is 0 Å². The van der Waals surface area contributed by atoms with Crippen molar-refractivity contribution in [3.8, 4) is 11.4 Å². The van der Waals surface area contributed by atoms with Crippen LogP contribution in [0.1, 0.15) is 6.92 Å². The Labute approximate surface area is 122 Å². The predicted octanol–water partition coefficient (Wildman–Crippen LogP) is 1.45. The molecule has 0 amide bonds. The highest BCUT2D eigenvalue weighted by Gasteiger charge is 2.14. The van der Waals surface area contributed by atoms with Crippen LogP contribution < -0.4 is 5.73 Å². The van der Waals surface area contributed by atoms with Crippen molar-refractivity contribution in [1.82, 2.24) is 20.2 Å². The maximum absolute atomic E-state index is 11.4. The third kappa shape index (κ3) is 3.19. The number of anilines is 1. The maximum Gasteiger partial charge on any atom is 0.182 e. The summed E-state index contributed by atoms with van der Waals surface area (Å²) in [6.45, 7) is 2.40. The van der Waals surface area contributed by atoms with Gasteiger partial charge in [-0.3, -0.25) is 4.21 Å². The summed E-state index contributed by atoms with van der Waals surface area (Å²) in [7, 11) is -0.916. The lowest BCUT2D eigenvalue weighted by atomic mass is 10.2. The predicted molar refractivity (Wildman–Crippen MR) is 78.9 cm³/mol. The third-order valence-electron chi connectivity index (χ3n) is 2.78. The van der Waals surface area contributed by atoms with Gasteiger partial charge in [0.25, 0.3) is 0 Å². The van der Waals surface area contributed by atoms with Crippen molar-refractivity contribution >= 4 is 32.4 Å². The molecule has 2 aromatic rings. The second-order valence-corrected chi connectivity index (χ2v) is 6.89. The van der Waals surface area contributed by atoms with Crippen molar-refractivity contribution in [2.45, 2.75) is 18.7 Å². The van der Waals surface area contributed by atoms with Crippen LogP contribution in [0.4, 0.5) is 5.69 Å². The van der Waals surface area contributed by atoms with Crippen LogP contribution in [0.25, 0.3) is 11.4 Å². The molecule has 0 radical (unpaired) electrons. The van der Waals surface area contributed by atoms with E-state index < -0.39 is 10.8 Å². The van der Waals surface area contributed by atoms with Gasteiger partial charge in [-0.05, 0) is 51.5 Å². The van der Waals surface area contributed by atoms with Crippen LogP contribution in [-0.2, 0) is 17.3 Å². The molecular weight excluding hydrogens is 330 g/mol. The van der Waals surface area contributed by atoms with E-state index in [1.807, 2.05) is 19.1 Å². The van der Waals surface area contributed by atoms with Crippen LogP contribution in [-0.4, -0.2) is 35.9 Å². The summed E-state index contributed by atoms with van der Waals surface area (Å²) in [6, 6.07) is 5.54. The molecule has 6 nitrogen and oxygen atoms in total. The highest BCUT2D eigenvalue weighted by atomic mass is 79.9. The summed E-state index contributed by atoms with van der Waals surface area (Å²) in [5.74, 6) is 0.622. The van der Waals surface area contributed by atoms with Crippen molar-refractivity contribution in [2.24, 2.45) is 0 Å². The zero-order valence-corrected chi connectivity index (χ0v) is 13.0. The fourth-order valence-corrected chi connectivity index (χ4v) is 2.16. The molecule has 1 aromatic heterocycles. The lowest BCUT2D eigenvalue weighted by Gasteiger charge is -2.10. The molecule has 0 fully saturated rings. The van der Waals surface area contributed by atoms with Gasteiger partial charge in [0, 0.05) is 32.8 Å². The number of nitrogens with two attached hydrogens (primary N) is 1. The highest BCUT2D eigenvalue weighted by Crippen LogP contribution is 2.25. The molecule has 2 rings (SSSR count). The maximum atomic E-state index is 11.4. The number of hydrogen-bond acceptors (Lipinski definition) is 5. The van der Waals surface area contributed by atoms with Crippen LogP contribution in [0.15, 0.2) is 22.7 Å². The molecule has 0 spiro atoms. The molecule has 0 aliphatic heterocycles.